The Balaban J connectivity index is 2.27. The lowest BCUT2D eigenvalue weighted by molar-refractivity contribution is -0.135. The van der Waals surface area contributed by atoms with Crippen molar-refractivity contribution in [3.63, 3.8) is 0 Å². The second-order valence-corrected chi connectivity index (χ2v) is 4.45. The van der Waals surface area contributed by atoms with Gasteiger partial charge >= 0.3 is 0 Å². The van der Waals surface area contributed by atoms with Crippen molar-refractivity contribution in [2.45, 2.75) is 45.7 Å². The summed E-state index contributed by atoms with van der Waals surface area (Å²) in [5.74, 6) is -0.125. The third-order valence-corrected chi connectivity index (χ3v) is 2.95. The summed E-state index contributed by atoms with van der Waals surface area (Å²) >= 11 is 0. The quantitative estimate of drug-likeness (QED) is 0.665. The van der Waals surface area contributed by atoms with Gasteiger partial charge in [0.2, 0.25) is 11.8 Å². The summed E-state index contributed by atoms with van der Waals surface area (Å²) in [4.78, 5) is 25.1. The molecule has 1 saturated carbocycles. The Morgan fingerprint density at radius 1 is 1.29 bits per heavy atom. The van der Waals surface area contributed by atoms with Crippen LogP contribution in [-0.4, -0.2) is 48.4 Å². The number of hydrogen-bond donors (Lipinski definition) is 2. The highest BCUT2D eigenvalue weighted by atomic mass is 16.2. The monoisotopic (exact) mass is 241 g/mol. The van der Waals surface area contributed by atoms with Gasteiger partial charge in [0.05, 0.1) is 6.54 Å². The normalized spacial score (nSPS) is 16.4. The highest BCUT2D eigenvalue weighted by molar-refractivity contribution is 5.88. The van der Waals surface area contributed by atoms with Crippen LogP contribution in [0.3, 0.4) is 0 Å². The van der Waals surface area contributed by atoms with Gasteiger partial charge < -0.3 is 15.5 Å². The Morgan fingerprint density at radius 3 is 2.35 bits per heavy atom. The Morgan fingerprint density at radius 2 is 1.88 bits per heavy atom. The van der Waals surface area contributed by atoms with Crippen LogP contribution in [0.2, 0.25) is 0 Å². The third kappa shape index (κ3) is 4.73. The number of likely N-dealkylation sites (N-methyl/N-ethyl adjacent to an activating group) is 1. The van der Waals surface area contributed by atoms with Gasteiger partial charge in [-0.2, -0.15) is 0 Å². The van der Waals surface area contributed by atoms with Crippen molar-refractivity contribution < 1.29 is 9.59 Å². The van der Waals surface area contributed by atoms with Crippen LogP contribution in [-0.2, 0) is 9.59 Å². The van der Waals surface area contributed by atoms with Crippen molar-refractivity contribution in [3.05, 3.63) is 0 Å². The zero-order valence-corrected chi connectivity index (χ0v) is 11.0. The van der Waals surface area contributed by atoms with E-state index in [1.807, 2.05) is 13.8 Å². The summed E-state index contributed by atoms with van der Waals surface area (Å²) < 4.78 is 0. The molecule has 0 spiro atoms. The number of carbonyl (C=O) groups excluding carboxylic acids is 2. The maximum Gasteiger partial charge on any atom is 0.244 e. The Kier molecular flexibility index (Phi) is 5.41. The standard InChI is InChI=1S/C12H23N3O2/c1-4-15(5-2)12(17)9(3)14-11(16)8-13-10-6-7-10/h9-10,13H,4-8H2,1-3H3,(H,14,16). The minimum absolute atomic E-state index is 0.0187. The zero-order chi connectivity index (χ0) is 12.8. The average Bonchev–Trinajstić information content (AvgIpc) is 3.11. The molecule has 1 aliphatic rings. The van der Waals surface area contributed by atoms with Crippen LogP contribution in [0.25, 0.3) is 0 Å². The van der Waals surface area contributed by atoms with Crippen LogP contribution in [0, 0.1) is 0 Å². The molecule has 1 rings (SSSR count). The number of rotatable bonds is 7. The summed E-state index contributed by atoms with van der Waals surface area (Å²) in [5, 5.41) is 5.84. The first-order chi connectivity index (χ1) is 8.08. The van der Waals surface area contributed by atoms with Gasteiger partial charge in [-0.15, -0.1) is 0 Å². The molecule has 1 atom stereocenters. The molecule has 0 aliphatic heterocycles. The fraction of sp³-hybridized carbons (Fsp3) is 0.833. The maximum atomic E-state index is 11.9. The van der Waals surface area contributed by atoms with Crippen LogP contribution in [0.1, 0.15) is 33.6 Å². The number of amides is 2. The molecule has 0 aromatic heterocycles. The van der Waals surface area contributed by atoms with Crippen LogP contribution in [0.15, 0.2) is 0 Å². The molecule has 0 radical (unpaired) electrons. The lowest BCUT2D eigenvalue weighted by atomic mass is 10.2. The molecule has 98 valence electrons. The molecule has 0 heterocycles. The second-order valence-electron chi connectivity index (χ2n) is 4.45. The lowest BCUT2D eigenvalue weighted by Crippen LogP contribution is -2.49. The van der Waals surface area contributed by atoms with Crippen LogP contribution in [0.4, 0.5) is 0 Å². The van der Waals surface area contributed by atoms with Crippen LogP contribution >= 0.6 is 0 Å². The van der Waals surface area contributed by atoms with Gasteiger partial charge in [0, 0.05) is 19.1 Å². The van der Waals surface area contributed by atoms with E-state index in [1.165, 1.54) is 0 Å². The minimum Gasteiger partial charge on any atom is -0.343 e. The van der Waals surface area contributed by atoms with E-state index < -0.39 is 6.04 Å². The minimum atomic E-state index is -0.441. The molecule has 1 aliphatic carbocycles. The van der Waals surface area contributed by atoms with E-state index in [0.29, 0.717) is 25.7 Å². The van der Waals surface area contributed by atoms with Gasteiger partial charge in [-0.3, -0.25) is 9.59 Å². The summed E-state index contributed by atoms with van der Waals surface area (Å²) in [6.45, 7) is 7.26. The van der Waals surface area contributed by atoms with E-state index in [0.717, 1.165) is 12.8 Å². The van der Waals surface area contributed by atoms with Gasteiger partial charge in [0.1, 0.15) is 6.04 Å². The summed E-state index contributed by atoms with van der Waals surface area (Å²) in [6.07, 6.45) is 2.31. The lowest BCUT2D eigenvalue weighted by Gasteiger charge is -2.23. The van der Waals surface area contributed by atoms with E-state index in [2.05, 4.69) is 10.6 Å². The summed E-state index contributed by atoms with van der Waals surface area (Å²) in [5.41, 5.74) is 0. The van der Waals surface area contributed by atoms with Crippen molar-refractivity contribution >= 4 is 11.8 Å². The molecule has 17 heavy (non-hydrogen) atoms. The fourth-order valence-electron chi connectivity index (χ4n) is 1.69. The van der Waals surface area contributed by atoms with E-state index in [4.69, 9.17) is 0 Å². The molecule has 5 nitrogen and oxygen atoms in total. The first-order valence-corrected chi connectivity index (χ1v) is 6.40. The molecular formula is C12H23N3O2. The molecule has 1 fully saturated rings. The molecule has 5 heteroatoms. The number of hydrogen-bond acceptors (Lipinski definition) is 3. The summed E-state index contributed by atoms with van der Waals surface area (Å²) in [6, 6.07) is 0.0675. The molecule has 0 aromatic carbocycles. The molecular weight excluding hydrogens is 218 g/mol. The van der Waals surface area contributed by atoms with Crippen molar-refractivity contribution in [1.29, 1.82) is 0 Å². The second kappa shape index (κ2) is 6.59. The number of nitrogens with one attached hydrogen (secondary N) is 2. The van der Waals surface area contributed by atoms with E-state index >= 15 is 0 Å². The topological polar surface area (TPSA) is 61.4 Å². The predicted octanol–water partition coefficient (Wildman–Crippen LogP) is 0.112. The Hall–Kier alpha value is -1.10. The first-order valence-electron chi connectivity index (χ1n) is 6.40. The zero-order valence-electron chi connectivity index (χ0n) is 11.0. The van der Waals surface area contributed by atoms with Crippen molar-refractivity contribution in [2.24, 2.45) is 0 Å². The molecule has 2 amide bonds. The molecule has 0 aromatic rings. The average molecular weight is 241 g/mol. The highest BCUT2D eigenvalue weighted by Gasteiger charge is 2.23. The third-order valence-electron chi connectivity index (χ3n) is 2.95. The maximum absolute atomic E-state index is 11.9. The van der Waals surface area contributed by atoms with Gasteiger partial charge in [-0.05, 0) is 33.6 Å². The van der Waals surface area contributed by atoms with E-state index in [-0.39, 0.29) is 11.8 Å². The van der Waals surface area contributed by atoms with Gasteiger partial charge in [-0.1, -0.05) is 0 Å². The van der Waals surface area contributed by atoms with Crippen molar-refractivity contribution in [3.8, 4) is 0 Å². The Bertz CT molecular complexity index is 273. The molecule has 2 N–H and O–H groups in total. The van der Waals surface area contributed by atoms with Crippen LogP contribution in [0.5, 0.6) is 0 Å². The molecule has 0 saturated heterocycles. The smallest absolute Gasteiger partial charge is 0.244 e. The largest absolute Gasteiger partial charge is 0.343 e. The van der Waals surface area contributed by atoms with Crippen LogP contribution < -0.4 is 10.6 Å². The number of carbonyl (C=O) groups is 2. The summed E-state index contributed by atoms with van der Waals surface area (Å²) in [7, 11) is 0. The Labute approximate surface area is 103 Å². The highest BCUT2D eigenvalue weighted by Crippen LogP contribution is 2.17. The van der Waals surface area contributed by atoms with Gasteiger partial charge in [0.25, 0.3) is 0 Å². The van der Waals surface area contributed by atoms with Crippen molar-refractivity contribution in [2.75, 3.05) is 19.6 Å². The van der Waals surface area contributed by atoms with Gasteiger partial charge in [0.15, 0.2) is 0 Å². The van der Waals surface area contributed by atoms with E-state index in [1.54, 1.807) is 11.8 Å². The predicted molar refractivity (Wildman–Crippen MR) is 66.6 cm³/mol. The first kappa shape index (κ1) is 14.0. The molecule has 1 unspecified atom stereocenters. The van der Waals surface area contributed by atoms with Crippen molar-refractivity contribution in [1.82, 2.24) is 15.5 Å². The molecule has 0 bridgehead atoms. The van der Waals surface area contributed by atoms with Gasteiger partial charge in [-0.25, -0.2) is 0 Å². The SMILES string of the molecule is CCN(CC)C(=O)C(C)NC(=O)CNC1CC1. The number of nitrogens with zero attached hydrogens (tertiary/aromatic N) is 1. The fourth-order valence-corrected chi connectivity index (χ4v) is 1.69. The van der Waals surface area contributed by atoms with E-state index in [9.17, 15) is 9.59 Å².